The molecular weight excluding hydrogens is 264 g/mol. The SMILES string of the molecule is CCC1OCCC1CNC(=O)CC1CNc2ccccc21. The summed E-state index contributed by atoms with van der Waals surface area (Å²) in [7, 11) is 0. The first kappa shape index (κ1) is 14.4. The van der Waals surface area contributed by atoms with Gasteiger partial charge in [0.15, 0.2) is 0 Å². The number of amides is 1. The number of hydrogen-bond acceptors (Lipinski definition) is 3. The molecule has 1 saturated heterocycles. The lowest BCUT2D eigenvalue weighted by atomic mass is 9.96. The molecule has 2 N–H and O–H groups in total. The zero-order valence-electron chi connectivity index (χ0n) is 12.6. The Morgan fingerprint density at radius 3 is 3.14 bits per heavy atom. The fourth-order valence-corrected chi connectivity index (χ4v) is 3.46. The van der Waals surface area contributed by atoms with Gasteiger partial charge in [0.2, 0.25) is 5.91 Å². The quantitative estimate of drug-likeness (QED) is 0.875. The van der Waals surface area contributed by atoms with Gasteiger partial charge in [-0.25, -0.2) is 0 Å². The first-order valence-corrected chi connectivity index (χ1v) is 7.99. The molecule has 3 unspecified atom stereocenters. The fraction of sp³-hybridized carbons (Fsp3) is 0.588. The number of nitrogens with one attached hydrogen (secondary N) is 2. The maximum absolute atomic E-state index is 12.2. The van der Waals surface area contributed by atoms with E-state index in [9.17, 15) is 4.79 Å². The van der Waals surface area contributed by atoms with Gasteiger partial charge in [-0.3, -0.25) is 4.79 Å². The van der Waals surface area contributed by atoms with Crippen LogP contribution in [-0.4, -0.2) is 31.7 Å². The molecule has 21 heavy (non-hydrogen) atoms. The van der Waals surface area contributed by atoms with Crippen LogP contribution in [-0.2, 0) is 9.53 Å². The Bertz CT molecular complexity index is 503. The van der Waals surface area contributed by atoms with Gasteiger partial charge in [0, 0.05) is 43.6 Å². The number of anilines is 1. The summed E-state index contributed by atoms with van der Waals surface area (Å²) in [5, 5.41) is 6.47. The lowest BCUT2D eigenvalue weighted by Crippen LogP contribution is -2.33. The summed E-state index contributed by atoms with van der Waals surface area (Å²) >= 11 is 0. The van der Waals surface area contributed by atoms with Gasteiger partial charge in [-0.05, 0) is 24.5 Å². The van der Waals surface area contributed by atoms with Crippen LogP contribution >= 0.6 is 0 Å². The summed E-state index contributed by atoms with van der Waals surface area (Å²) in [5.74, 6) is 0.927. The van der Waals surface area contributed by atoms with Gasteiger partial charge in [0.25, 0.3) is 0 Å². The predicted octanol–water partition coefficient (Wildman–Crippen LogP) is 2.52. The van der Waals surface area contributed by atoms with E-state index >= 15 is 0 Å². The molecule has 0 radical (unpaired) electrons. The molecule has 1 amide bonds. The normalized spacial score (nSPS) is 27.2. The molecular formula is C17H24N2O2. The Morgan fingerprint density at radius 1 is 1.43 bits per heavy atom. The van der Waals surface area contributed by atoms with E-state index in [0.717, 1.165) is 32.5 Å². The van der Waals surface area contributed by atoms with Crippen molar-refractivity contribution in [2.45, 2.75) is 38.2 Å². The van der Waals surface area contributed by atoms with Crippen molar-refractivity contribution in [1.82, 2.24) is 5.32 Å². The first-order valence-electron chi connectivity index (χ1n) is 7.99. The van der Waals surface area contributed by atoms with Crippen LogP contribution in [0.4, 0.5) is 5.69 Å². The summed E-state index contributed by atoms with van der Waals surface area (Å²) in [5.41, 5.74) is 2.44. The Morgan fingerprint density at radius 2 is 2.29 bits per heavy atom. The molecule has 4 heteroatoms. The molecule has 0 bridgehead atoms. The molecule has 0 spiro atoms. The predicted molar refractivity (Wildman–Crippen MR) is 83.4 cm³/mol. The molecule has 4 nitrogen and oxygen atoms in total. The molecule has 2 heterocycles. The van der Waals surface area contributed by atoms with E-state index in [-0.39, 0.29) is 5.91 Å². The monoisotopic (exact) mass is 288 g/mol. The van der Waals surface area contributed by atoms with Crippen molar-refractivity contribution in [1.29, 1.82) is 0 Å². The molecule has 0 aliphatic carbocycles. The van der Waals surface area contributed by atoms with Crippen molar-refractivity contribution in [2.24, 2.45) is 5.92 Å². The summed E-state index contributed by atoms with van der Waals surface area (Å²) in [4.78, 5) is 12.2. The largest absolute Gasteiger partial charge is 0.384 e. The van der Waals surface area contributed by atoms with Crippen molar-refractivity contribution in [2.75, 3.05) is 25.0 Å². The minimum atomic E-state index is 0.153. The number of para-hydroxylation sites is 1. The molecule has 2 aliphatic rings. The number of carbonyl (C=O) groups is 1. The second kappa shape index (κ2) is 6.48. The zero-order valence-corrected chi connectivity index (χ0v) is 12.6. The number of fused-ring (bicyclic) bond motifs is 1. The number of ether oxygens (including phenoxy) is 1. The van der Waals surface area contributed by atoms with Crippen LogP contribution in [0, 0.1) is 5.92 Å². The van der Waals surface area contributed by atoms with Gasteiger partial charge in [0.05, 0.1) is 6.10 Å². The van der Waals surface area contributed by atoms with E-state index in [0.29, 0.717) is 24.4 Å². The Hall–Kier alpha value is -1.55. The van der Waals surface area contributed by atoms with Crippen LogP contribution in [0.25, 0.3) is 0 Å². The van der Waals surface area contributed by atoms with Crippen LogP contribution in [0.2, 0.25) is 0 Å². The summed E-state index contributed by atoms with van der Waals surface area (Å²) in [6.45, 7) is 4.58. The smallest absolute Gasteiger partial charge is 0.220 e. The third-order valence-corrected chi connectivity index (χ3v) is 4.68. The van der Waals surface area contributed by atoms with Crippen LogP contribution in [0.15, 0.2) is 24.3 Å². The zero-order chi connectivity index (χ0) is 14.7. The van der Waals surface area contributed by atoms with Crippen LogP contribution in [0.3, 0.4) is 0 Å². The van der Waals surface area contributed by atoms with Gasteiger partial charge < -0.3 is 15.4 Å². The summed E-state index contributed by atoms with van der Waals surface area (Å²) in [6.07, 6.45) is 2.97. The number of carbonyl (C=O) groups excluding carboxylic acids is 1. The van der Waals surface area contributed by atoms with E-state index in [4.69, 9.17) is 4.74 Å². The summed E-state index contributed by atoms with van der Waals surface area (Å²) in [6, 6.07) is 8.26. The van der Waals surface area contributed by atoms with Crippen LogP contribution in [0.5, 0.6) is 0 Å². The highest BCUT2D eigenvalue weighted by atomic mass is 16.5. The molecule has 3 rings (SSSR count). The number of benzene rings is 1. The van der Waals surface area contributed by atoms with E-state index in [2.05, 4.69) is 29.7 Å². The third-order valence-electron chi connectivity index (χ3n) is 4.68. The van der Waals surface area contributed by atoms with Crippen molar-refractivity contribution in [3.8, 4) is 0 Å². The average Bonchev–Trinajstić information content (AvgIpc) is 3.12. The molecule has 1 aromatic rings. The molecule has 1 aromatic carbocycles. The maximum atomic E-state index is 12.2. The van der Waals surface area contributed by atoms with Crippen LogP contribution in [0.1, 0.15) is 37.7 Å². The molecule has 0 aromatic heterocycles. The Balaban J connectivity index is 1.49. The Labute approximate surface area is 126 Å². The summed E-state index contributed by atoms with van der Waals surface area (Å²) < 4.78 is 5.67. The molecule has 1 fully saturated rings. The van der Waals surface area contributed by atoms with Crippen molar-refractivity contribution >= 4 is 11.6 Å². The first-order chi connectivity index (χ1) is 10.3. The van der Waals surface area contributed by atoms with Gasteiger partial charge in [-0.15, -0.1) is 0 Å². The maximum Gasteiger partial charge on any atom is 0.220 e. The lowest BCUT2D eigenvalue weighted by Gasteiger charge is -2.18. The number of hydrogen-bond donors (Lipinski definition) is 2. The highest BCUT2D eigenvalue weighted by Crippen LogP contribution is 2.33. The van der Waals surface area contributed by atoms with Gasteiger partial charge >= 0.3 is 0 Å². The van der Waals surface area contributed by atoms with Crippen molar-refractivity contribution in [3.63, 3.8) is 0 Å². The van der Waals surface area contributed by atoms with Crippen LogP contribution < -0.4 is 10.6 Å². The minimum Gasteiger partial charge on any atom is -0.384 e. The Kier molecular flexibility index (Phi) is 4.44. The third kappa shape index (κ3) is 3.21. The topological polar surface area (TPSA) is 50.4 Å². The van der Waals surface area contributed by atoms with E-state index in [1.807, 2.05) is 12.1 Å². The van der Waals surface area contributed by atoms with Gasteiger partial charge in [-0.2, -0.15) is 0 Å². The second-order valence-electron chi connectivity index (χ2n) is 6.04. The molecule has 114 valence electrons. The van der Waals surface area contributed by atoms with Gasteiger partial charge in [0.1, 0.15) is 0 Å². The fourth-order valence-electron chi connectivity index (χ4n) is 3.46. The molecule has 3 atom stereocenters. The standard InChI is InChI=1S/C17H24N2O2/c1-2-16-12(7-8-21-16)10-19-17(20)9-13-11-18-15-6-4-3-5-14(13)15/h3-6,12-13,16,18H,2,7-11H2,1H3,(H,19,20). The number of rotatable bonds is 5. The van der Waals surface area contributed by atoms with Gasteiger partial charge in [-0.1, -0.05) is 25.1 Å². The molecule has 2 aliphatic heterocycles. The van der Waals surface area contributed by atoms with E-state index in [1.165, 1.54) is 11.3 Å². The van der Waals surface area contributed by atoms with Crippen molar-refractivity contribution in [3.05, 3.63) is 29.8 Å². The van der Waals surface area contributed by atoms with E-state index in [1.54, 1.807) is 0 Å². The minimum absolute atomic E-state index is 0.153. The lowest BCUT2D eigenvalue weighted by molar-refractivity contribution is -0.121. The van der Waals surface area contributed by atoms with Crippen molar-refractivity contribution < 1.29 is 9.53 Å². The van der Waals surface area contributed by atoms with E-state index < -0.39 is 0 Å². The molecule has 0 saturated carbocycles. The second-order valence-corrected chi connectivity index (χ2v) is 6.04. The average molecular weight is 288 g/mol. The highest BCUT2D eigenvalue weighted by molar-refractivity contribution is 5.78. The highest BCUT2D eigenvalue weighted by Gasteiger charge is 2.28.